The van der Waals surface area contributed by atoms with Crippen molar-refractivity contribution in [1.29, 1.82) is 0 Å². The molecule has 0 amide bonds. The number of carbonyl (C=O) groups is 1. The summed E-state index contributed by atoms with van der Waals surface area (Å²) in [4.78, 5) is 26.5. The highest BCUT2D eigenvalue weighted by Crippen LogP contribution is 2.30. The second kappa shape index (κ2) is 12.3. The molecule has 0 spiro atoms. The number of nitrogens with one attached hydrogen (secondary N) is 1. The summed E-state index contributed by atoms with van der Waals surface area (Å²) in [6.07, 6.45) is 3.40. The molecule has 2 N–H and O–H groups in total. The molecule has 6 rings (SSSR count). The predicted octanol–water partition coefficient (Wildman–Crippen LogP) is 4.15. The zero-order valence-corrected chi connectivity index (χ0v) is 23.5. The number of aromatic carboxylic acids is 1. The number of carboxylic acids is 1. The van der Waals surface area contributed by atoms with Gasteiger partial charge in [0, 0.05) is 57.4 Å². The fraction of sp³-hybridized carbons (Fsp3) is 0.290. The van der Waals surface area contributed by atoms with E-state index in [-0.39, 0.29) is 5.69 Å². The normalized spacial score (nSPS) is 13.9. The summed E-state index contributed by atoms with van der Waals surface area (Å²) in [6.45, 7) is 6.34. The van der Waals surface area contributed by atoms with Crippen molar-refractivity contribution >= 4 is 11.8 Å². The molecule has 0 unspecified atom stereocenters. The lowest BCUT2D eigenvalue weighted by molar-refractivity contribution is 0.0682. The number of nitrogens with zero attached hydrogens (tertiary/aromatic N) is 8. The second-order valence-corrected chi connectivity index (χ2v) is 10.4. The van der Waals surface area contributed by atoms with Gasteiger partial charge in [-0.2, -0.15) is 0 Å². The van der Waals surface area contributed by atoms with Gasteiger partial charge >= 0.3 is 5.97 Å². The second-order valence-electron chi connectivity index (χ2n) is 10.4. The molecular weight excluding hydrogens is 530 g/mol. The maximum Gasteiger partial charge on any atom is 0.354 e. The van der Waals surface area contributed by atoms with E-state index in [0.717, 1.165) is 66.5 Å². The van der Waals surface area contributed by atoms with Gasteiger partial charge in [-0.15, -0.1) is 5.10 Å². The number of tetrazole rings is 1. The summed E-state index contributed by atoms with van der Waals surface area (Å²) in [5.74, 6) is 1.44. The summed E-state index contributed by atoms with van der Waals surface area (Å²) < 4.78 is 1.88. The number of hydrogen-bond donors (Lipinski definition) is 2. The molecule has 2 aromatic carbocycles. The van der Waals surface area contributed by atoms with E-state index in [9.17, 15) is 9.90 Å². The van der Waals surface area contributed by atoms with Crippen LogP contribution in [0.15, 0.2) is 72.9 Å². The number of anilines is 1. The fourth-order valence-corrected chi connectivity index (χ4v) is 5.56. The van der Waals surface area contributed by atoms with Gasteiger partial charge in [0.25, 0.3) is 0 Å². The van der Waals surface area contributed by atoms with Gasteiger partial charge in [-0.25, -0.2) is 19.9 Å². The zero-order chi connectivity index (χ0) is 28.9. The van der Waals surface area contributed by atoms with Crippen molar-refractivity contribution in [2.75, 3.05) is 31.1 Å². The SMILES string of the molecule is CCCc1nc(CN2CCN(c3ccccn3)CC2)c(C(=O)O)n1Cc1ccc(-c2ccccc2-c2nnn[nH]2)cc1. The van der Waals surface area contributed by atoms with Crippen LogP contribution in [-0.2, 0) is 19.5 Å². The number of aryl methyl sites for hydroxylation is 1. The summed E-state index contributed by atoms with van der Waals surface area (Å²) >= 11 is 0. The molecule has 11 nitrogen and oxygen atoms in total. The Bertz CT molecular complexity index is 1630. The minimum atomic E-state index is -0.946. The number of benzene rings is 2. The minimum absolute atomic E-state index is 0.276. The molecule has 0 saturated carbocycles. The molecule has 1 aliphatic heterocycles. The Morgan fingerprint density at radius 2 is 1.69 bits per heavy atom. The summed E-state index contributed by atoms with van der Waals surface area (Å²) in [6, 6.07) is 22.1. The zero-order valence-electron chi connectivity index (χ0n) is 23.5. The number of aromatic amines is 1. The first-order valence-corrected chi connectivity index (χ1v) is 14.2. The highest BCUT2D eigenvalue weighted by Gasteiger charge is 2.26. The van der Waals surface area contributed by atoms with Gasteiger partial charge in [0.15, 0.2) is 11.5 Å². The average molecular weight is 564 g/mol. The number of carboxylic acid groups (broad SMARTS) is 1. The Labute approximate surface area is 243 Å². The lowest BCUT2D eigenvalue weighted by Crippen LogP contribution is -2.46. The highest BCUT2D eigenvalue weighted by atomic mass is 16.4. The molecule has 0 atom stereocenters. The number of rotatable bonds is 10. The molecule has 11 heteroatoms. The van der Waals surface area contributed by atoms with Crippen molar-refractivity contribution in [2.45, 2.75) is 32.9 Å². The maximum absolute atomic E-state index is 12.6. The summed E-state index contributed by atoms with van der Waals surface area (Å²) in [5, 5.41) is 24.7. The molecule has 42 heavy (non-hydrogen) atoms. The topological polar surface area (TPSA) is 129 Å². The molecular formula is C31H33N9O2. The number of piperazine rings is 1. The van der Waals surface area contributed by atoms with Crippen molar-refractivity contribution in [3.05, 3.63) is 95.7 Å². The van der Waals surface area contributed by atoms with Crippen LogP contribution in [0.2, 0.25) is 0 Å². The third-order valence-electron chi connectivity index (χ3n) is 7.65. The van der Waals surface area contributed by atoms with Crippen LogP contribution < -0.4 is 4.90 Å². The van der Waals surface area contributed by atoms with Crippen LogP contribution in [0.25, 0.3) is 22.5 Å². The van der Waals surface area contributed by atoms with E-state index in [4.69, 9.17) is 4.98 Å². The van der Waals surface area contributed by atoms with E-state index in [2.05, 4.69) is 54.5 Å². The van der Waals surface area contributed by atoms with Gasteiger partial charge in [-0.05, 0) is 45.7 Å². The van der Waals surface area contributed by atoms with Gasteiger partial charge in [-0.1, -0.05) is 61.5 Å². The molecule has 0 radical (unpaired) electrons. The van der Waals surface area contributed by atoms with Crippen LogP contribution in [0.1, 0.15) is 40.9 Å². The van der Waals surface area contributed by atoms with E-state index in [1.54, 1.807) is 0 Å². The van der Waals surface area contributed by atoms with Crippen molar-refractivity contribution < 1.29 is 9.90 Å². The lowest BCUT2D eigenvalue weighted by atomic mass is 9.98. The summed E-state index contributed by atoms with van der Waals surface area (Å²) in [5.41, 5.74) is 4.85. The average Bonchev–Trinajstić information content (AvgIpc) is 3.67. The van der Waals surface area contributed by atoms with Crippen LogP contribution in [0.4, 0.5) is 5.82 Å². The monoisotopic (exact) mass is 563 g/mol. The Kier molecular flexibility index (Phi) is 8.00. The first-order chi connectivity index (χ1) is 20.6. The van der Waals surface area contributed by atoms with Crippen LogP contribution >= 0.6 is 0 Å². The van der Waals surface area contributed by atoms with Gasteiger partial charge < -0.3 is 14.6 Å². The van der Waals surface area contributed by atoms with Gasteiger partial charge in [-0.3, -0.25) is 4.90 Å². The molecule has 5 aromatic rings. The lowest BCUT2D eigenvalue weighted by Gasteiger charge is -2.35. The molecule has 0 aliphatic carbocycles. The van der Waals surface area contributed by atoms with Crippen LogP contribution in [0, 0.1) is 0 Å². The number of aromatic nitrogens is 7. The standard InChI is InChI=1S/C31H33N9O2/c1-2-7-28-33-26(21-38-16-18-39(19-17-38)27-10-5-6-15-32-27)29(31(41)42)40(28)20-22-11-13-23(14-12-22)24-8-3-4-9-25(24)30-34-36-37-35-30/h3-6,8-15H,2,7,16-21H2,1H3,(H,41,42)(H,34,35,36,37). The van der Waals surface area contributed by atoms with Gasteiger partial charge in [0.05, 0.1) is 5.69 Å². The van der Waals surface area contributed by atoms with Gasteiger partial charge in [0.2, 0.25) is 0 Å². The van der Waals surface area contributed by atoms with E-state index in [1.165, 1.54) is 0 Å². The number of pyridine rings is 1. The molecule has 0 bridgehead atoms. The fourth-order valence-electron chi connectivity index (χ4n) is 5.56. The largest absolute Gasteiger partial charge is 0.477 e. The van der Waals surface area contributed by atoms with Gasteiger partial charge in [0.1, 0.15) is 11.6 Å². The number of hydrogen-bond acceptors (Lipinski definition) is 8. The minimum Gasteiger partial charge on any atom is -0.477 e. The van der Waals surface area contributed by atoms with Crippen LogP contribution in [0.5, 0.6) is 0 Å². The molecule has 1 saturated heterocycles. The predicted molar refractivity (Wildman–Crippen MR) is 159 cm³/mol. The Morgan fingerprint density at radius 1 is 0.929 bits per heavy atom. The highest BCUT2D eigenvalue weighted by molar-refractivity contribution is 5.87. The first kappa shape index (κ1) is 27.3. The number of imidazole rings is 1. The van der Waals surface area contributed by atoms with E-state index >= 15 is 0 Å². The third kappa shape index (κ3) is 5.77. The van der Waals surface area contributed by atoms with E-state index < -0.39 is 5.97 Å². The van der Waals surface area contributed by atoms with E-state index in [1.807, 2.05) is 65.4 Å². The maximum atomic E-state index is 12.6. The van der Waals surface area contributed by atoms with Crippen LogP contribution in [0.3, 0.4) is 0 Å². The van der Waals surface area contributed by atoms with Crippen molar-refractivity contribution in [3.8, 4) is 22.5 Å². The van der Waals surface area contributed by atoms with Crippen molar-refractivity contribution in [3.63, 3.8) is 0 Å². The van der Waals surface area contributed by atoms with Crippen molar-refractivity contribution in [2.24, 2.45) is 0 Å². The Balaban J connectivity index is 1.22. The molecule has 4 heterocycles. The number of H-pyrrole nitrogens is 1. The third-order valence-corrected chi connectivity index (χ3v) is 7.65. The van der Waals surface area contributed by atoms with Crippen molar-refractivity contribution in [1.82, 2.24) is 40.1 Å². The molecule has 3 aromatic heterocycles. The summed E-state index contributed by atoms with van der Waals surface area (Å²) in [7, 11) is 0. The Morgan fingerprint density at radius 3 is 2.36 bits per heavy atom. The first-order valence-electron chi connectivity index (χ1n) is 14.2. The smallest absolute Gasteiger partial charge is 0.354 e. The molecule has 214 valence electrons. The molecule has 1 aliphatic rings. The molecule has 1 fully saturated rings. The van der Waals surface area contributed by atoms with Crippen LogP contribution in [-0.4, -0.2) is 77.3 Å². The Hall–Kier alpha value is -4.90. The quantitative estimate of drug-likeness (QED) is 0.257. The van der Waals surface area contributed by atoms with E-state index in [0.29, 0.717) is 31.0 Å².